The third-order valence-electron chi connectivity index (χ3n) is 7.27. The molecule has 1 heterocycles. The van der Waals surface area contributed by atoms with Crippen LogP contribution in [0.5, 0.6) is 0 Å². The average Bonchev–Trinajstić information content (AvgIpc) is 2.86. The van der Waals surface area contributed by atoms with E-state index in [1.165, 1.54) is 44.1 Å². The Morgan fingerprint density at radius 3 is 1.67 bits per heavy atom. The first-order chi connectivity index (χ1) is 16.0. The molecule has 0 radical (unpaired) electrons. The zero-order valence-electron chi connectivity index (χ0n) is 19.7. The third kappa shape index (κ3) is 3.96. The second-order valence-corrected chi connectivity index (χ2v) is 14.5. The average molecular weight is 468 g/mol. The highest BCUT2D eigenvalue weighted by Gasteiger charge is 2.51. The molecule has 1 aliphatic rings. The summed E-state index contributed by atoms with van der Waals surface area (Å²) in [6.07, 6.45) is 1.23. The number of hydrogen-bond acceptors (Lipinski definition) is 1. The van der Waals surface area contributed by atoms with Crippen molar-refractivity contribution in [1.29, 1.82) is 0 Å². The summed E-state index contributed by atoms with van der Waals surface area (Å²) in [6.45, 7) is 7.29. The highest BCUT2D eigenvalue weighted by Crippen LogP contribution is 2.66. The Morgan fingerprint density at radius 2 is 1.18 bits per heavy atom. The van der Waals surface area contributed by atoms with Crippen molar-refractivity contribution in [3.05, 3.63) is 120 Å². The molecule has 0 nitrogen and oxygen atoms in total. The van der Waals surface area contributed by atoms with E-state index in [1.807, 2.05) is 11.8 Å². The zero-order valence-corrected chi connectivity index (χ0v) is 21.5. The maximum Gasteiger partial charge on any atom is 0.119 e. The number of benzene rings is 4. The van der Waals surface area contributed by atoms with Gasteiger partial charge in [-0.2, -0.15) is 0 Å². The van der Waals surface area contributed by atoms with Crippen LogP contribution in [0.1, 0.15) is 44.0 Å². The van der Waals surface area contributed by atoms with Crippen LogP contribution >= 0.6 is 19.0 Å². The van der Waals surface area contributed by atoms with Crippen LogP contribution in [0.25, 0.3) is 0 Å². The predicted molar refractivity (Wildman–Crippen MR) is 148 cm³/mol. The second kappa shape index (κ2) is 9.13. The third-order valence-corrected chi connectivity index (χ3v) is 13.1. The van der Waals surface area contributed by atoms with Gasteiger partial charge in [-0.05, 0) is 78.1 Å². The molecule has 4 aromatic carbocycles. The van der Waals surface area contributed by atoms with Crippen molar-refractivity contribution < 1.29 is 0 Å². The van der Waals surface area contributed by atoms with E-state index in [0.717, 1.165) is 0 Å². The summed E-state index contributed by atoms with van der Waals surface area (Å²) in [5.74, 6) is 1.21. The molecule has 1 atom stereocenters. The Hall–Kier alpha value is -2.34. The quantitative estimate of drug-likeness (QED) is 0.274. The molecule has 0 saturated carbocycles. The van der Waals surface area contributed by atoms with E-state index in [0.29, 0.717) is 5.66 Å². The smallest absolute Gasteiger partial charge is 0.119 e. The predicted octanol–water partition coefficient (Wildman–Crippen LogP) is 7.52. The number of thioether (sulfide) groups is 1. The van der Waals surface area contributed by atoms with Crippen molar-refractivity contribution in [1.82, 2.24) is 0 Å². The Morgan fingerprint density at radius 1 is 0.697 bits per heavy atom. The number of fused-ring (bicyclic) bond motifs is 1. The van der Waals surface area contributed by atoms with Gasteiger partial charge in [0.1, 0.15) is 28.8 Å². The van der Waals surface area contributed by atoms with Crippen LogP contribution < -0.4 is 15.9 Å². The van der Waals surface area contributed by atoms with Crippen LogP contribution in [0.15, 0.2) is 114 Å². The van der Waals surface area contributed by atoms with Gasteiger partial charge in [-0.25, -0.2) is 0 Å². The summed E-state index contributed by atoms with van der Waals surface area (Å²) in [5.41, 5.74) is 3.56. The summed E-state index contributed by atoms with van der Waals surface area (Å²) < 4.78 is 0. The first kappa shape index (κ1) is 22.5. The molecule has 33 heavy (non-hydrogen) atoms. The fourth-order valence-electron chi connectivity index (χ4n) is 5.34. The summed E-state index contributed by atoms with van der Waals surface area (Å²) in [4.78, 5) is 1.46. The fraction of sp³-hybridized carbons (Fsp3) is 0.226. The van der Waals surface area contributed by atoms with Gasteiger partial charge in [0.05, 0.1) is 0 Å². The van der Waals surface area contributed by atoms with Crippen molar-refractivity contribution in [2.45, 2.75) is 43.2 Å². The molecule has 4 aromatic rings. The molecule has 0 amide bonds. The van der Waals surface area contributed by atoms with E-state index >= 15 is 0 Å². The maximum atomic E-state index is 2.54. The van der Waals surface area contributed by atoms with Gasteiger partial charge >= 0.3 is 0 Å². The largest absolute Gasteiger partial charge is 0.126 e. The lowest BCUT2D eigenvalue weighted by Gasteiger charge is -2.36. The summed E-state index contributed by atoms with van der Waals surface area (Å²) >= 11 is 2.02. The first-order valence-corrected chi connectivity index (χ1v) is 14.7. The minimum Gasteiger partial charge on any atom is -0.126 e. The van der Waals surface area contributed by atoms with Crippen LogP contribution in [-0.2, 0) is 5.41 Å². The van der Waals surface area contributed by atoms with E-state index in [-0.39, 0.29) is 5.41 Å². The molecule has 1 unspecified atom stereocenters. The van der Waals surface area contributed by atoms with Crippen molar-refractivity contribution in [2.24, 2.45) is 0 Å². The zero-order chi connectivity index (χ0) is 22.9. The van der Waals surface area contributed by atoms with Crippen LogP contribution in [0.3, 0.4) is 0 Å². The maximum absolute atomic E-state index is 2.54. The Kier molecular flexibility index (Phi) is 6.21. The van der Waals surface area contributed by atoms with Gasteiger partial charge in [0.15, 0.2) is 0 Å². The molecule has 0 spiro atoms. The van der Waals surface area contributed by atoms with Crippen LogP contribution in [-0.4, -0.2) is 5.75 Å². The van der Waals surface area contributed by atoms with Crippen molar-refractivity contribution in [2.75, 3.05) is 5.75 Å². The Balaban J connectivity index is 1.78. The molecule has 0 saturated heterocycles. The van der Waals surface area contributed by atoms with Crippen molar-refractivity contribution in [3.8, 4) is 0 Å². The van der Waals surface area contributed by atoms with Gasteiger partial charge in [-0.1, -0.05) is 80.6 Å². The Bertz CT molecular complexity index is 1120. The molecule has 0 aliphatic carbocycles. The topological polar surface area (TPSA) is 0 Å². The highest BCUT2D eigenvalue weighted by molar-refractivity contribution is 7.99. The van der Waals surface area contributed by atoms with Gasteiger partial charge in [-0.3, -0.25) is 0 Å². The molecule has 0 bridgehead atoms. The molecular formula is C31H32PS+. The van der Waals surface area contributed by atoms with E-state index < -0.39 is 7.26 Å². The molecule has 1 aliphatic heterocycles. The molecule has 0 N–H and O–H groups in total. The molecule has 166 valence electrons. The summed E-state index contributed by atoms with van der Waals surface area (Å²) in [5, 5.41) is 4.34. The van der Waals surface area contributed by atoms with Crippen LogP contribution in [0.4, 0.5) is 0 Å². The lowest BCUT2D eigenvalue weighted by atomic mass is 9.81. The lowest BCUT2D eigenvalue weighted by Crippen LogP contribution is -2.34. The summed E-state index contributed by atoms with van der Waals surface area (Å²) in [6, 6.07) is 41.1. The summed E-state index contributed by atoms with van der Waals surface area (Å²) in [7, 11) is -1.95. The van der Waals surface area contributed by atoms with E-state index in [2.05, 4.69) is 130 Å². The standard InChI is InChI=1S/C31H32PS/c1-24(25-19-20-30-29(23-25)31(2,3)21-22-33-30)32(26-13-7-4-8-14-26,27-15-9-5-10-16-27)28-17-11-6-12-18-28/h4-20,23-24H,21-22H2,1-3H3/q+1. The van der Waals surface area contributed by atoms with Crippen molar-refractivity contribution >= 4 is 34.9 Å². The van der Waals surface area contributed by atoms with E-state index in [9.17, 15) is 0 Å². The monoisotopic (exact) mass is 467 g/mol. The highest BCUT2D eigenvalue weighted by atomic mass is 32.2. The van der Waals surface area contributed by atoms with Crippen molar-refractivity contribution in [3.63, 3.8) is 0 Å². The molecule has 0 aromatic heterocycles. The SMILES string of the molecule is CC(c1ccc2c(c1)C(C)(C)CCS2)[P+](c1ccccc1)(c1ccccc1)c1ccccc1. The minimum absolute atomic E-state index is 0.226. The lowest BCUT2D eigenvalue weighted by molar-refractivity contribution is 0.493. The minimum atomic E-state index is -1.95. The Labute approximate surface area is 203 Å². The van der Waals surface area contributed by atoms with Gasteiger partial charge in [0.25, 0.3) is 0 Å². The van der Waals surface area contributed by atoms with Crippen LogP contribution in [0.2, 0.25) is 0 Å². The van der Waals surface area contributed by atoms with Gasteiger partial charge in [0, 0.05) is 4.90 Å². The van der Waals surface area contributed by atoms with Crippen LogP contribution in [0, 0.1) is 0 Å². The first-order valence-electron chi connectivity index (χ1n) is 11.9. The number of rotatable bonds is 5. The van der Waals surface area contributed by atoms with E-state index in [1.54, 1.807) is 0 Å². The van der Waals surface area contributed by atoms with E-state index in [4.69, 9.17) is 0 Å². The molecule has 0 fully saturated rings. The fourth-order valence-corrected chi connectivity index (χ4v) is 11.6. The molecule has 2 heteroatoms. The number of hydrogen-bond donors (Lipinski definition) is 0. The second-order valence-electron chi connectivity index (χ2n) is 9.64. The molecular weight excluding hydrogens is 435 g/mol. The van der Waals surface area contributed by atoms with Gasteiger partial charge in [0.2, 0.25) is 0 Å². The van der Waals surface area contributed by atoms with Gasteiger partial charge in [-0.15, -0.1) is 11.8 Å². The normalized spacial score (nSPS) is 16.1. The molecule has 5 rings (SSSR count). The van der Waals surface area contributed by atoms with Gasteiger partial charge < -0.3 is 0 Å².